The monoisotopic (exact) mass is 925 g/mol. The summed E-state index contributed by atoms with van der Waals surface area (Å²) in [5.74, 6) is 1.95. The highest BCUT2D eigenvalue weighted by atomic mass is 15.1. The van der Waals surface area contributed by atoms with E-state index in [1.54, 1.807) is 0 Å². The van der Waals surface area contributed by atoms with Crippen LogP contribution in [0, 0.1) is 0 Å². The molecule has 0 amide bonds. The van der Waals surface area contributed by atoms with Crippen LogP contribution >= 0.6 is 0 Å². The van der Waals surface area contributed by atoms with E-state index in [1.807, 2.05) is 18.2 Å². The molecule has 5 heteroatoms. The highest BCUT2D eigenvalue weighted by Crippen LogP contribution is 2.49. The van der Waals surface area contributed by atoms with Crippen molar-refractivity contribution in [3.63, 3.8) is 0 Å². The van der Waals surface area contributed by atoms with E-state index in [9.17, 15) is 0 Å². The largest absolute Gasteiger partial charge is 0.344 e. The Morgan fingerprint density at radius 3 is 1.78 bits per heavy atom. The molecule has 72 heavy (non-hydrogen) atoms. The summed E-state index contributed by atoms with van der Waals surface area (Å²) in [5, 5.41) is 2.57. The summed E-state index contributed by atoms with van der Waals surface area (Å²) in [6.45, 7) is 4.61. The molecule has 0 spiro atoms. The molecular weight excluding hydrogens is 875 g/mol. The average molecular weight is 926 g/mol. The van der Waals surface area contributed by atoms with Crippen molar-refractivity contribution in [2.45, 2.75) is 32.1 Å². The second kappa shape index (κ2) is 17.5. The molecule has 11 aromatic rings. The number of para-hydroxylation sites is 2. The quantitative estimate of drug-likeness (QED) is 0.145. The first-order valence-corrected chi connectivity index (χ1v) is 25.0. The molecule has 0 unspecified atom stereocenters. The van der Waals surface area contributed by atoms with Crippen molar-refractivity contribution in [1.82, 2.24) is 19.5 Å². The van der Waals surface area contributed by atoms with Gasteiger partial charge in [0.15, 0.2) is 17.5 Å². The van der Waals surface area contributed by atoms with Crippen molar-refractivity contribution in [2.24, 2.45) is 0 Å². The lowest BCUT2D eigenvalue weighted by atomic mass is 9.82. The summed E-state index contributed by atoms with van der Waals surface area (Å²) in [6, 6.07) is 76.4. The van der Waals surface area contributed by atoms with Crippen molar-refractivity contribution >= 4 is 38.9 Å². The molecule has 2 aliphatic carbocycles. The van der Waals surface area contributed by atoms with Gasteiger partial charge in [-0.15, -0.1) is 0 Å². The smallest absolute Gasteiger partial charge is 0.164 e. The molecule has 9 aromatic carbocycles. The van der Waals surface area contributed by atoms with Gasteiger partial charge in [-0.1, -0.05) is 190 Å². The Hall–Kier alpha value is -8.93. The van der Waals surface area contributed by atoms with Crippen LogP contribution in [0.4, 0.5) is 11.4 Å². The van der Waals surface area contributed by atoms with Gasteiger partial charge in [-0.3, -0.25) is 0 Å². The highest BCUT2D eigenvalue weighted by molar-refractivity contribution is 6.11. The lowest BCUT2D eigenvalue weighted by Crippen LogP contribution is -2.15. The van der Waals surface area contributed by atoms with E-state index >= 15 is 0 Å². The fraction of sp³-hybridized carbons (Fsp3) is 0.0896. The normalized spacial score (nSPS) is 13.5. The fourth-order valence-corrected chi connectivity index (χ4v) is 11.1. The van der Waals surface area contributed by atoms with E-state index in [0.717, 1.165) is 57.6 Å². The van der Waals surface area contributed by atoms with E-state index in [1.165, 1.54) is 66.4 Å². The minimum absolute atomic E-state index is 0.137. The predicted octanol–water partition coefficient (Wildman–Crippen LogP) is 17.2. The summed E-state index contributed by atoms with van der Waals surface area (Å²) in [4.78, 5) is 17.7. The van der Waals surface area contributed by atoms with E-state index in [4.69, 9.17) is 15.0 Å². The molecule has 0 N–H and O–H groups in total. The first kappa shape index (κ1) is 43.1. The zero-order chi connectivity index (χ0) is 48.3. The standard InChI is InChI=1S/C67H51N5/c1-67(2)59-26-13-10-24-55(59)56-39-35-51(43-60(56)67)66-69-64(47-17-6-4-7-18-47)68-65(70-66)50-20-16-19-48(41-50)44-29-31-46(32-30-44)54-23-11-14-27-61(54)71(3)52-37-33-45(34-38-52)49-36-40-63-58(42-49)57-25-12-15-28-62(57)72(63)53-21-8-5-9-22-53/h4-8,10-21,23-43H,9,22H2,1-3H3. The van der Waals surface area contributed by atoms with Crippen LogP contribution in [-0.4, -0.2) is 26.6 Å². The number of anilines is 2. The van der Waals surface area contributed by atoms with Gasteiger partial charge < -0.3 is 9.47 Å². The van der Waals surface area contributed by atoms with E-state index in [0.29, 0.717) is 17.5 Å². The molecule has 0 saturated heterocycles. The second-order valence-electron chi connectivity index (χ2n) is 19.6. The molecule has 0 bridgehead atoms. The van der Waals surface area contributed by atoms with Crippen LogP contribution in [0.1, 0.15) is 37.8 Å². The third-order valence-electron chi connectivity index (χ3n) is 15.0. The Labute approximate surface area is 420 Å². The Balaban J connectivity index is 0.781. The van der Waals surface area contributed by atoms with Crippen LogP contribution in [-0.2, 0) is 5.41 Å². The van der Waals surface area contributed by atoms with Crippen molar-refractivity contribution in [3.05, 3.63) is 242 Å². The first-order chi connectivity index (χ1) is 35.4. The van der Waals surface area contributed by atoms with Gasteiger partial charge in [-0.05, 0) is 118 Å². The minimum Gasteiger partial charge on any atom is -0.344 e. The van der Waals surface area contributed by atoms with E-state index in [-0.39, 0.29) is 5.41 Å². The van der Waals surface area contributed by atoms with Crippen molar-refractivity contribution in [3.8, 4) is 78.7 Å². The number of fused-ring (bicyclic) bond motifs is 6. The van der Waals surface area contributed by atoms with Gasteiger partial charge in [-0.25, -0.2) is 15.0 Å². The Bertz CT molecular complexity index is 3950. The van der Waals surface area contributed by atoms with Crippen LogP contribution in [0.25, 0.3) is 106 Å². The summed E-state index contributed by atoms with van der Waals surface area (Å²) in [7, 11) is 2.16. The minimum atomic E-state index is -0.137. The second-order valence-corrected chi connectivity index (χ2v) is 19.6. The Morgan fingerprint density at radius 2 is 1.00 bits per heavy atom. The van der Waals surface area contributed by atoms with Crippen LogP contribution in [0.3, 0.4) is 0 Å². The van der Waals surface area contributed by atoms with Crippen molar-refractivity contribution in [2.75, 3.05) is 11.9 Å². The molecule has 13 rings (SSSR count). The van der Waals surface area contributed by atoms with Crippen LogP contribution in [0.15, 0.2) is 231 Å². The van der Waals surface area contributed by atoms with Crippen molar-refractivity contribution in [1.29, 1.82) is 0 Å². The lowest BCUT2D eigenvalue weighted by Gasteiger charge is -2.23. The summed E-state index contributed by atoms with van der Waals surface area (Å²) >= 11 is 0. The average Bonchev–Trinajstić information content (AvgIpc) is 3.90. The Kier molecular flexibility index (Phi) is 10.5. The van der Waals surface area contributed by atoms with Gasteiger partial charge in [-0.2, -0.15) is 0 Å². The fourth-order valence-electron chi connectivity index (χ4n) is 11.1. The zero-order valence-electron chi connectivity index (χ0n) is 40.6. The van der Waals surface area contributed by atoms with E-state index in [2.05, 4.69) is 243 Å². The maximum atomic E-state index is 5.19. The SMILES string of the molecule is CN(c1ccc(-c2ccc3c(c2)c2ccccc2n3C2=CC=CCC2)cc1)c1ccccc1-c1ccc(-c2cccc(-c3nc(-c4ccccc4)nc(-c4ccc5c(c4)C(C)(C)c4ccccc4-5)n3)c2)cc1. The van der Waals surface area contributed by atoms with E-state index < -0.39 is 0 Å². The molecule has 344 valence electrons. The number of hydrogen-bond acceptors (Lipinski definition) is 4. The van der Waals surface area contributed by atoms with Gasteiger partial charge >= 0.3 is 0 Å². The maximum Gasteiger partial charge on any atom is 0.164 e. The Morgan fingerprint density at radius 1 is 0.431 bits per heavy atom. The van der Waals surface area contributed by atoms with Crippen LogP contribution < -0.4 is 4.90 Å². The molecule has 5 nitrogen and oxygen atoms in total. The number of allylic oxidation sites excluding steroid dienone is 4. The number of hydrogen-bond donors (Lipinski definition) is 0. The molecular formula is C67H51N5. The predicted molar refractivity (Wildman–Crippen MR) is 300 cm³/mol. The van der Waals surface area contributed by atoms with Gasteiger partial charge in [0, 0.05) is 62.6 Å². The molecule has 0 fully saturated rings. The maximum absolute atomic E-state index is 5.19. The van der Waals surface area contributed by atoms with Gasteiger partial charge in [0.05, 0.1) is 11.0 Å². The van der Waals surface area contributed by atoms with Gasteiger partial charge in [0.25, 0.3) is 0 Å². The molecule has 2 aromatic heterocycles. The molecule has 0 saturated carbocycles. The third-order valence-corrected chi connectivity index (χ3v) is 15.0. The molecule has 0 radical (unpaired) electrons. The molecule has 0 aliphatic heterocycles. The van der Waals surface area contributed by atoms with Crippen LogP contribution in [0.2, 0.25) is 0 Å². The highest BCUT2D eigenvalue weighted by Gasteiger charge is 2.35. The third kappa shape index (κ3) is 7.44. The summed E-state index contributed by atoms with van der Waals surface area (Å²) in [5.41, 5.74) is 21.0. The zero-order valence-corrected chi connectivity index (χ0v) is 40.6. The number of aromatic nitrogens is 4. The number of benzene rings is 9. The molecule has 0 atom stereocenters. The molecule has 2 aliphatic rings. The topological polar surface area (TPSA) is 46.8 Å². The van der Waals surface area contributed by atoms with Gasteiger partial charge in [0.1, 0.15) is 0 Å². The van der Waals surface area contributed by atoms with Crippen molar-refractivity contribution < 1.29 is 0 Å². The molecule has 2 heterocycles. The number of rotatable bonds is 9. The first-order valence-electron chi connectivity index (χ1n) is 25.0. The lowest BCUT2D eigenvalue weighted by molar-refractivity contribution is 0.660. The van der Waals surface area contributed by atoms with Gasteiger partial charge in [0.2, 0.25) is 0 Å². The summed E-state index contributed by atoms with van der Waals surface area (Å²) < 4.78 is 2.45. The number of nitrogens with zero attached hydrogens (tertiary/aromatic N) is 5. The summed E-state index contributed by atoms with van der Waals surface area (Å²) in [6.07, 6.45) is 8.81. The van der Waals surface area contributed by atoms with Crippen LogP contribution in [0.5, 0.6) is 0 Å².